The van der Waals surface area contributed by atoms with Crippen LogP contribution in [0.3, 0.4) is 0 Å². The second-order valence-corrected chi connectivity index (χ2v) is 5.27. The van der Waals surface area contributed by atoms with Crippen LogP contribution in [0.5, 0.6) is 0 Å². The van der Waals surface area contributed by atoms with Gasteiger partial charge >= 0.3 is 0 Å². The number of nitrogens with zero attached hydrogens (tertiary/aromatic N) is 1. The molecule has 0 aliphatic heterocycles. The second-order valence-electron chi connectivity index (χ2n) is 4.83. The summed E-state index contributed by atoms with van der Waals surface area (Å²) in [6, 6.07) is 13.5. The van der Waals surface area contributed by atoms with Crippen molar-refractivity contribution in [2.24, 2.45) is 0 Å². The highest BCUT2D eigenvalue weighted by Crippen LogP contribution is 2.23. The molecule has 0 unspecified atom stereocenters. The van der Waals surface area contributed by atoms with Crippen molar-refractivity contribution >= 4 is 39.9 Å². The lowest BCUT2D eigenvalue weighted by Gasteiger charge is -2.05. The fourth-order valence-corrected chi connectivity index (χ4v) is 2.45. The molecule has 0 saturated heterocycles. The highest BCUT2D eigenvalue weighted by molar-refractivity contribution is 6.48. The molecule has 1 aromatic heterocycles. The van der Waals surface area contributed by atoms with Gasteiger partial charge in [0.2, 0.25) is 0 Å². The number of hydrogen-bond acceptors (Lipinski definition) is 3. The molecule has 0 radical (unpaired) electrons. The summed E-state index contributed by atoms with van der Waals surface area (Å²) in [5.74, 6) is -1.49. The summed E-state index contributed by atoms with van der Waals surface area (Å²) in [7, 11) is 0. The van der Waals surface area contributed by atoms with Gasteiger partial charge in [-0.25, -0.2) is 0 Å². The number of fused-ring (bicyclic) bond motifs is 1. The number of amides is 1. The Balaban J connectivity index is 1.90. The number of carbonyl (C=O) groups excluding carboxylic acids is 2. The summed E-state index contributed by atoms with van der Waals surface area (Å²) in [6.07, 6.45) is 1.47. The fraction of sp³-hybridized carbons (Fsp3) is 0. The van der Waals surface area contributed by atoms with Crippen molar-refractivity contribution in [3.05, 3.63) is 64.8 Å². The van der Waals surface area contributed by atoms with Crippen LogP contribution in [-0.2, 0) is 4.79 Å². The molecule has 5 nitrogen and oxygen atoms in total. The van der Waals surface area contributed by atoms with Crippen molar-refractivity contribution in [2.75, 3.05) is 5.32 Å². The number of nitriles is 1. The number of rotatable bonds is 3. The number of aromatic amines is 1. The molecule has 112 valence electrons. The Morgan fingerprint density at radius 1 is 1.17 bits per heavy atom. The van der Waals surface area contributed by atoms with Crippen molar-refractivity contribution in [3.63, 3.8) is 0 Å². The van der Waals surface area contributed by atoms with Gasteiger partial charge in [0, 0.05) is 22.1 Å². The molecule has 0 bridgehead atoms. The van der Waals surface area contributed by atoms with Crippen molar-refractivity contribution in [3.8, 4) is 6.07 Å². The third-order valence-electron chi connectivity index (χ3n) is 3.39. The van der Waals surface area contributed by atoms with E-state index in [-0.39, 0.29) is 5.56 Å². The molecule has 0 aliphatic carbocycles. The van der Waals surface area contributed by atoms with E-state index in [1.807, 2.05) is 6.07 Å². The number of para-hydroxylation sites is 1. The summed E-state index contributed by atoms with van der Waals surface area (Å²) in [5.41, 5.74) is 1.52. The molecule has 1 amide bonds. The number of anilines is 1. The van der Waals surface area contributed by atoms with Crippen LogP contribution in [0.15, 0.2) is 48.7 Å². The van der Waals surface area contributed by atoms with Gasteiger partial charge in [0.05, 0.1) is 16.8 Å². The maximum atomic E-state index is 12.4. The lowest BCUT2D eigenvalue weighted by molar-refractivity contribution is -0.112. The molecular weight excluding hydrogens is 314 g/mol. The number of aromatic nitrogens is 1. The Kier molecular flexibility index (Phi) is 3.83. The van der Waals surface area contributed by atoms with E-state index in [0.29, 0.717) is 27.2 Å². The Hall–Kier alpha value is -3.10. The molecule has 23 heavy (non-hydrogen) atoms. The number of ketones is 1. The van der Waals surface area contributed by atoms with Crippen LogP contribution in [0.25, 0.3) is 10.9 Å². The van der Waals surface area contributed by atoms with Gasteiger partial charge in [0.15, 0.2) is 0 Å². The molecule has 3 aromatic rings. The molecule has 0 atom stereocenters. The molecule has 3 rings (SSSR count). The number of carbonyl (C=O) groups is 2. The molecule has 0 spiro atoms. The molecular formula is C17H10ClN3O2. The van der Waals surface area contributed by atoms with E-state index in [0.717, 1.165) is 0 Å². The van der Waals surface area contributed by atoms with Crippen molar-refractivity contribution in [1.82, 2.24) is 4.98 Å². The first kappa shape index (κ1) is 14.8. The van der Waals surface area contributed by atoms with Crippen LogP contribution in [0, 0.1) is 11.3 Å². The number of Topliss-reactive ketones (excluding diaryl/α,β-unsaturated/α-hetero) is 1. The van der Waals surface area contributed by atoms with Crippen molar-refractivity contribution in [2.45, 2.75) is 0 Å². The number of nitrogens with one attached hydrogen (secondary N) is 2. The van der Waals surface area contributed by atoms with Gasteiger partial charge in [-0.15, -0.1) is 0 Å². The van der Waals surface area contributed by atoms with Crippen LogP contribution in [0.4, 0.5) is 5.69 Å². The Morgan fingerprint density at radius 3 is 2.74 bits per heavy atom. The highest BCUT2D eigenvalue weighted by atomic mass is 35.5. The van der Waals surface area contributed by atoms with Gasteiger partial charge < -0.3 is 10.3 Å². The zero-order valence-electron chi connectivity index (χ0n) is 11.8. The monoisotopic (exact) mass is 323 g/mol. The average Bonchev–Trinajstić information content (AvgIpc) is 2.97. The minimum absolute atomic E-state index is 0.253. The van der Waals surface area contributed by atoms with Gasteiger partial charge in [-0.3, -0.25) is 9.59 Å². The summed E-state index contributed by atoms with van der Waals surface area (Å²) in [5, 5.41) is 12.6. The largest absolute Gasteiger partial charge is 0.360 e. The minimum Gasteiger partial charge on any atom is -0.360 e. The Morgan fingerprint density at radius 2 is 1.96 bits per heavy atom. The van der Waals surface area contributed by atoms with E-state index in [1.54, 1.807) is 42.5 Å². The topological polar surface area (TPSA) is 85.8 Å². The fourth-order valence-electron chi connectivity index (χ4n) is 2.28. The number of hydrogen-bond donors (Lipinski definition) is 2. The summed E-state index contributed by atoms with van der Waals surface area (Å²) >= 11 is 5.90. The maximum Gasteiger partial charge on any atom is 0.296 e. The molecule has 6 heteroatoms. The lowest BCUT2D eigenvalue weighted by atomic mass is 10.1. The standard InChI is InChI=1S/C17H10ClN3O2/c18-11-5-6-12-13(9-20-15(12)7-11)16(22)17(23)21-14-4-2-1-3-10(14)8-19/h1-7,9,20H,(H,21,23). The molecule has 1 heterocycles. The van der Waals surface area contributed by atoms with E-state index in [1.165, 1.54) is 6.20 Å². The summed E-state index contributed by atoms with van der Waals surface area (Å²) in [6.45, 7) is 0. The average molecular weight is 324 g/mol. The van der Waals surface area contributed by atoms with Gasteiger partial charge in [-0.05, 0) is 24.3 Å². The van der Waals surface area contributed by atoms with Crippen LogP contribution in [0.1, 0.15) is 15.9 Å². The lowest BCUT2D eigenvalue weighted by Crippen LogP contribution is -2.23. The van der Waals surface area contributed by atoms with Crippen molar-refractivity contribution < 1.29 is 9.59 Å². The number of H-pyrrole nitrogens is 1. The van der Waals surface area contributed by atoms with Gasteiger partial charge in [-0.2, -0.15) is 5.26 Å². The Labute approximate surface area is 136 Å². The number of benzene rings is 2. The highest BCUT2D eigenvalue weighted by Gasteiger charge is 2.20. The smallest absolute Gasteiger partial charge is 0.296 e. The predicted molar refractivity (Wildman–Crippen MR) is 87.4 cm³/mol. The first-order chi connectivity index (χ1) is 11.1. The molecule has 2 N–H and O–H groups in total. The molecule has 2 aromatic carbocycles. The van der Waals surface area contributed by atoms with Crippen LogP contribution >= 0.6 is 11.6 Å². The molecule has 0 aliphatic rings. The third-order valence-corrected chi connectivity index (χ3v) is 3.63. The first-order valence-corrected chi connectivity index (χ1v) is 7.09. The predicted octanol–water partition coefficient (Wildman–Crippen LogP) is 3.51. The zero-order chi connectivity index (χ0) is 16.4. The van der Waals surface area contributed by atoms with Crippen LogP contribution < -0.4 is 5.32 Å². The van der Waals surface area contributed by atoms with E-state index in [2.05, 4.69) is 10.3 Å². The van der Waals surface area contributed by atoms with Crippen LogP contribution in [0.2, 0.25) is 5.02 Å². The minimum atomic E-state index is -0.802. The SMILES string of the molecule is N#Cc1ccccc1NC(=O)C(=O)c1c[nH]c2cc(Cl)ccc12. The first-order valence-electron chi connectivity index (χ1n) is 6.71. The van der Waals surface area contributed by atoms with Gasteiger partial charge in [0.25, 0.3) is 11.7 Å². The summed E-state index contributed by atoms with van der Waals surface area (Å²) in [4.78, 5) is 27.5. The Bertz CT molecular complexity index is 969. The van der Waals surface area contributed by atoms with E-state index < -0.39 is 11.7 Å². The van der Waals surface area contributed by atoms with E-state index in [9.17, 15) is 9.59 Å². The third kappa shape index (κ3) is 2.80. The summed E-state index contributed by atoms with van der Waals surface area (Å²) < 4.78 is 0. The number of halogens is 1. The van der Waals surface area contributed by atoms with E-state index >= 15 is 0 Å². The van der Waals surface area contributed by atoms with Crippen LogP contribution in [-0.4, -0.2) is 16.7 Å². The van der Waals surface area contributed by atoms with Crippen molar-refractivity contribution in [1.29, 1.82) is 5.26 Å². The zero-order valence-corrected chi connectivity index (χ0v) is 12.5. The van der Waals surface area contributed by atoms with E-state index in [4.69, 9.17) is 16.9 Å². The molecule has 0 saturated carbocycles. The van der Waals surface area contributed by atoms with Gasteiger partial charge in [0.1, 0.15) is 6.07 Å². The normalized spacial score (nSPS) is 10.3. The second kappa shape index (κ2) is 5.95. The quantitative estimate of drug-likeness (QED) is 0.571. The maximum absolute atomic E-state index is 12.4. The molecule has 0 fully saturated rings. The van der Waals surface area contributed by atoms with Gasteiger partial charge in [-0.1, -0.05) is 29.8 Å².